The molecule has 0 saturated carbocycles. The molecule has 1 N–H and O–H groups in total. The van der Waals surface area contributed by atoms with E-state index in [1.807, 2.05) is 31.2 Å². The molecule has 0 unspecified atom stereocenters. The van der Waals surface area contributed by atoms with Crippen molar-refractivity contribution in [1.29, 1.82) is 0 Å². The molecule has 7 nitrogen and oxygen atoms in total. The summed E-state index contributed by atoms with van der Waals surface area (Å²) in [7, 11) is 3.12. The van der Waals surface area contributed by atoms with Crippen LogP contribution in [-0.4, -0.2) is 30.7 Å². The van der Waals surface area contributed by atoms with Crippen LogP contribution < -0.4 is 20.5 Å². The molecule has 1 atom stereocenters. The predicted octanol–water partition coefficient (Wildman–Crippen LogP) is 2.36. The molecule has 0 aliphatic heterocycles. The molecule has 1 amide bonds. The lowest BCUT2D eigenvalue weighted by molar-refractivity contribution is -0.121. The van der Waals surface area contributed by atoms with E-state index in [2.05, 4.69) is 5.32 Å². The van der Waals surface area contributed by atoms with Gasteiger partial charge in [-0.05, 0) is 36.8 Å². The maximum Gasteiger partial charge on any atom is 0.420 e. The van der Waals surface area contributed by atoms with Crippen molar-refractivity contribution in [3.63, 3.8) is 0 Å². The molecule has 7 heteroatoms. The van der Waals surface area contributed by atoms with Gasteiger partial charge in [-0.15, -0.1) is 0 Å². The third kappa shape index (κ3) is 4.13. The Labute approximate surface area is 156 Å². The van der Waals surface area contributed by atoms with Crippen LogP contribution in [0.25, 0.3) is 11.1 Å². The van der Waals surface area contributed by atoms with Crippen LogP contribution >= 0.6 is 0 Å². The second kappa shape index (κ2) is 7.99. The molecule has 0 fully saturated rings. The van der Waals surface area contributed by atoms with Crippen molar-refractivity contribution in [3.05, 3.63) is 58.6 Å². The molecule has 142 valence electrons. The minimum absolute atomic E-state index is 0.143. The molecule has 0 radical (unpaired) electrons. The first kappa shape index (κ1) is 18.6. The number of rotatable bonds is 7. The van der Waals surface area contributed by atoms with Crippen LogP contribution in [0.15, 0.2) is 51.7 Å². The number of amides is 1. The predicted molar refractivity (Wildman–Crippen MR) is 101 cm³/mol. The van der Waals surface area contributed by atoms with E-state index in [0.717, 1.165) is 5.56 Å². The van der Waals surface area contributed by atoms with Crippen molar-refractivity contribution < 1.29 is 18.7 Å². The standard InChI is InChI=1S/C20H22N2O5/c1-13(12-22-15-6-4-5-7-16(15)27-20(22)24)21-19(23)11-14-8-9-17(25-2)18(10-14)26-3/h4-10,13H,11-12H2,1-3H3,(H,21,23)/t13-/m1/s1. The highest BCUT2D eigenvalue weighted by molar-refractivity contribution is 5.79. The van der Waals surface area contributed by atoms with Gasteiger partial charge >= 0.3 is 5.76 Å². The van der Waals surface area contributed by atoms with Gasteiger partial charge in [0.05, 0.1) is 26.2 Å². The van der Waals surface area contributed by atoms with E-state index in [-0.39, 0.29) is 18.4 Å². The quantitative estimate of drug-likeness (QED) is 0.690. The van der Waals surface area contributed by atoms with E-state index in [4.69, 9.17) is 13.9 Å². The number of fused-ring (bicyclic) bond motifs is 1. The lowest BCUT2D eigenvalue weighted by atomic mass is 10.1. The van der Waals surface area contributed by atoms with Crippen molar-refractivity contribution in [2.24, 2.45) is 0 Å². The molecule has 0 spiro atoms. The van der Waals surface area contributed by atoms with Gasteiger partial charge in [0.1, 0.15) is 0 Å². The highest BCUT2D eigenvalue weighted by atomic mass is 16.5. The van der Waals surface area contributed by atoms with Gasteiger partial charge in [0.25, 0.3) is 0 Å². The normalized spacial score (nSPS) is 12.0. The van der Waals surface area contributed by atoms with Crippen LogP contribution in [0.5, 0.6) is 11.5 Å². The summed E-state index contributed by atoms with van der Waals surface area (Å²) in [4.78, 5) is 24.4. The first-order valence-electron chi connectivity index (χ1n) is 8.60. The number of carbonyl (C=O) groups is 1. The number of benzene rings is 2. The van der Waals surface area contributed by atoms with Crippen molar-refractivity contribution in [2.75, 3.05) is 14.2 Å². The highest BCUT2D eigenvalue weighted by Gasteiger charge is 2.14. The van der Waals surface area contributed by atoms with E-state index in [0.29, 0.717) is 29.1 Å². The zero-order valence-corrected chi connectivity index (χ0v) is 15.5. The molecule has 3 aromatic rings. The number of nitrogens with zero attached hydrogens (tertiary/aromatic N) is 1. The molecule has 0 aliphatic rings. The Balaban J connectivity index is 1.65. The molecule has 1 aromatic heterocycles. The number of methoxy groups -OCH3 is 2. The zero-order chi connectivity index (χ0) is 19.4. The van der Waals surface area contributed by atoms with Gasteiger partial charge in [-0.2, -0.15) is 0 Å². The van der Waals surface area contributed by atoms with Crippen molar-refractivity contribution in [2.45, 2.75) is 25.9 Å². The van der Waals surface area contributed by atoms with Crippen molar-refractivity contribution in [1.82, 2.24) is 9.88 Å². The number of para-hydroxylation sites is 2. The maximum atomic E-state index is 12.4. The SMILES string of the molecule is COc1ccc(CC(=O)N[C@H](C)Cn2c(=O)oc3ccccc32)cc1OC. The first-order chi connectivity index (χ1) is 13.0. The van der Waals surface area contributed by atoms with E-state index >= 15 is 0 Å². The fraction of sp³-hybridized carbons (Fsp3) is 0.300. The second-order valence-electron chi connectivity index (χ2n) is 6.28. The number of nitrogens with one attached hydrogen (secondary N) is 1. The van der Waals surface area contributed by atoms with Gasteiger partial charge in [-0.3, -0.25) is 9.36 Å². The number of ether oxygens (including phenoxy) is 2. The smallest absolute Gasteiger partial charge is 0.420 e. The summed E-state index contributed by atoms with van der Waals surface area (Å²) in [6, 6.07) is 12.3. The van der Waals surface area contributed by atoms with Gasteiger partial charge in [-0.25, -0.2) is 4.79 Å². The molecule has 0 aliphatic carbocycles. The van der Waals surface area contributed by atoms with Crippen LogP contribution in [0, 0.1) is 0 Å². The molecule has 0 bridgehead atoms. The van der Waals surface area contributed by atoms with Gasteiger partial charge in [0, 0.05) is 12.6 Å². The highest BCUT2D eigenvalue weighted by Crippen LogP contribution is 2.27. The molecule has 3 rings (SSSR count). The van der Waals surface area contributed by atoms with Crippen LogP contribution in [0.1, 0.15) is 12.5 Å². The zero-order valence-electron chi connectivity index (χ0n) is 15.5. The lowest BCUT2D eigenvalue weighted by Gasteiger charge is -2.15. The van der Waals surface area contributed by atoms with E-state index < -0.39 is 5.76 Å². The maximum absolute atomic E-state index is 12.4. The molecular weight excluding hydrogens is 348 g/mol. The van der Waals surface area contributed by atoms with E-state index in [9.17, 15) is 9.59 Å². The van der Waals surface area contributed by atoms with Crippen molar-refractivity contribution >= 4 is 17.0 Å². The van der Waals surface area contributed by atoms with Gasteiger partial charge in [0.15, 0.2) is 17.1 Å². The van der Waals surface area contributed by atoms with Gasteiger partial charge in [-0.1, -0.05) is 18.2 Å². The number of aromatic nitrogens is 1. The summed E-state index contributed by atoms with van der Waals surface area (Å²) >= 11 is 0. The summed E-state index contributed by atoms with van der Waals surface area (Å²) in [6.07, 6.45) is 0.200. The molecule has 1 heterocycles. The minimum Gasteiger partial charge on any atom is -0.493 e. The summed E-state index contributed by atoms with van der Waals surface area (Å²) < 4.78 is 17.2. The van der Waals surface area contributed by atoms with Crippen LogP contribution in [0.2, 0.25) is 0 Å². The Morgan fingerprint density at radius 2 is 1.89 bits per heavy atom. The van der Waals surface area contributed by atoms with E-state index in [1.165, 1.54) is 4.57 Å². The van der Waals surface area contributed by atoms with Crippen LogP contribution in [0.3, 0.4) is 0 Å². The first-order valence-corrected chi connectivity index (χ1v) is 8.60. The fourth-order valence-electron chi connectivity index (χ4n) is 3.01. The fourth-order valence-corrected chi connectivity index (χ4v) is 3.01. The Hall–Kier alpha value is -3.22. The number of carbonyl (C=O) groups excluding carboxylic acids is 1. The molecule has 2 aromatic carbocycles. The van der Waals surface area contributed by atoms with Crippen molar-refractivity contribution in [3.8, 4) is 11.5 Å². The van der Waals surface area contributed by atoms with Crippen LogP contribution in [0.4, 0.5) is 0 Å². The summed E-state index contributed by atoms with van der Waals surface area (Å²) in [5.41, 5.74) is 2.05. The van der Waals surface area contributed by atoms with Gasteiger partial charge in [0.2, 0.25) is 5.91 Å². The average molecular weight is 370 g/mol. The topological polar surface area (TPSA) is 82.7 Å². The average Bonchev–Trinajstić information content (AvgIpc) is 2.96. The lowest BCUT2D eigenvalue weighted by Crippen LogP contribution is -2.38. The van der Waals surface area contributed by atoms with Gasteiger partial charge < -0.3 is 19.2 Å². The van der Waals surface area contributed by atoms with E-state index in [1.54, 1.807) is 32.4 Å². The monoisotopic (exact) mass is 370 g/mol. The Bertz CT molecular complexity index is 1010. The summed E-state index contributed by atoms with van der Waals surface area (Å²) in [6.45, 7) is 2.17. The summed E-state index contributed by atoms with van der Waals surface area (Å²) in [5.74, 6) is 0.612. The largest absolute Gasteiger partial charge is 0.493 e. The summed E-state index contributed by atoms with van der Waals surface area (Å²) in [5, 5.41) is 2.91. The third-order valence-corrected chi connectivity index (χ3v) is 4.25. The third-order valence-electron chi connectivity index (χ3n) is 4.25. The second-order valence-corrected chi connectivity index (χ2v) is 6.28. The van der Waals surface area contributed by atoms with Crippen LogP contribution in [-0.2, 0) is 17.8 Å². The Morgan fingerprint density at radius 3 is 2.63 bits per heavy atom. The minimum atomic E-state index is -0.433. The number of hydrogen-bond acceptors (Lipinski definition) is 5. The Kier molecular flexibility index (Phi) is 5.49. The molecule has 0 saturated heterocycles. The Morgan fingerprint density at radius 1 is 1.15 bits per heavy atom. The number of hydrogen-bond donors (Lipinski definition) is 1. The number of oxazole rings is 1. The molecular formula is C20H22N2O5. The molecule has 27 heavy (non-hydrogen) atoms.